The van der Waals surface area contributed by atoms with Gasteiger partial charge in [-0.1, -0.05) is 12.1 Å². The molecule has 1 rings (SSSR count). The van der Waals surface area contributed by atoms with Gasteiger partial charge in [0.15, 0.2) is 0 Å². The minimum atomic E-state index is -3.48. The van der Waals surface area contributed by atoms with Crippen LogP contribution in [-0.4, -0.2) is 49.3 Å². The second-order valence-corrected chi connectivity index (χ2v) is 7.38. The normalized spacial score (nSPS) is 11.5. The van der Waals surface area contributed by atoms with Crippen molar-refractivity contribution in [1.82, 2.24) is 4.72 Å². The zero-order chi connectivity index (χ0) is 15.7. The summed E-state index contributed by atoms with van der Waals surface area (Å²) in [4.78, 5) is 10.8. The highest BCUT2D eigenvalue weighted by Crippen LogP contribution is 2.09. The Morgan fingerprint density at radius 2 is 2.05 bits per heavy atom. The van der Waals surface area contributed by atoms with E-state index in [-0.39, 0.29) is 17.9 Å². The molecule has 0 spiro atoms. The van der Waals surface area contributed by atoms with Gasteiger partial charge >= 0.3 is 5.97 Å². The first-order chi connectivity index (χ1) is 9.94. The number of aliphatic hydroxyl groups is 1. The lowest BCUT2D eigenvalue weighted by molar-refractivity contribution is 0.0696. The number of aromatic carboxylic acids is 1. The molecule has 0 radical (unpaired) electrons. The maximum Gasteiger partial charge on any atom is 0.335 e. The summed E-state index contributed by atoms with van der Waals surface area (Å²) in [6.07, 6.45) is 0.694. The SMILES string of the molecule is O=C(O)c1cccc(CS(=O)(=O)NCCSCCCO)c1. The van der Waals surface area contributed by atoms with E-state index in [9.17, 15) is 13.2 Å². The van der Waals surface area contributed by atoms with E-state index in [4.69, 9.17) is 10.2 Å². The van der Waals surface area contributed by atoms with Gasteiger partial charge in [-0.15, -0.1) is 0 Å². The molecule has 0 fully saturated rings. The number of hydrogen-bond donors (Lipinski definition) is 3. The van der Waals surface area contributed by atoms with Crippen molar-refractivity contribution in [1.29, 1.82) is 0 Å². The minimum absolute atomic E-state index is 0.0715. The van der Waals surface area contributed by atoms with Crippen LogP contribution in [0, 0.1) is 0 Å². The molecule has 0 saturated carbocycles. The van der Waals surface area contributed by atoms with Crippen LogP contribution in [0.25, 0.3) is 0 Å². The molecule has 0 unspecified atom stereocenters. The van der Waals surface area contributed by atoms with Crippen molar-refractivity contribution < 1.29 is 23.4 Å². The Morgan fingerprint density at radius 1 is 1.29 bits per heavy atom. The molecule has 0 amide bonds. The molecule has 118 valence electrons. The Bertz CT molecular complexity index is 559. The number of carboxylic acid groups (broad SMARTS) is 1. The first-order valence-corrected chi connectivity index (χ1v) is 9.23. The number of nitrogens with one attached hydrogen (secondary N) is 1. The molecule has 1 aromatic carbocycles. The lowest BCUT2D eigenvalue weighted by atomic mass is 10.1. The molecule has 0 aromatic heterocycles. The predicted octanol–water partition coefficient (Wildman–Crippen LogP) is 0.920. The Kier molecular flexibility index (Phi) is 7.73. The van der Waals surface area contributed by atoms with Crippen molar-refractivity contribution in [2.45, 2.75) is 12.2 Å². The lowest BCUT2D eigenvalue weighted by Gasteiger charge is -2.07. The third kappa shape index (κ3) is 7.47. The smallest absolute Gasteiger partial charge is 0.335 e. The van der Waals surface area contributed by atoms with E-state index in [1.54, 1.807) is 17.8 Å². The monoisotopic (exact) mass is 333 g/mol. The molecule has 21 heavy (non-hydrogen) atoms. The summed E-state index contributed by atoms with van der Waals surface area (Å²) in [5.41, 5.74) is 0.512. The maximum absolute atomic E-state index is 11.9. The van der Waals surface area contributed by atoms with Crippen molar-refractivity contribution >= 4 is 27.8 Å². The molecule has 0 aliphatic heterocycles. The van der Waals surface area contributed by atoms with Crippen molar-refractivity contribution in [3.8, 4) is 0 Å². The molecule has 0 saturated heterocycles. The van der Waals surface area contributed by atoms with Crippen LogP contribution < -0.4 is 4.72 Å². The van der Waals surface area contributed by atoms with E-state index >= 15 is 0 Å². The largest absolute Gasteiger partial charge is 0.478 e. The second kappa shape index (κ2) is 9.04. The highest BCUT2D eigenvalue weighted by molar-refractivity contribution is 7.99. The number of carboxylic acids is 1. The van der Waals surface area contributed by atoms with E-state index in [1.165, 1.54) is 18.2 Å². The van der Waals surface area contributed by atoms with E-state index in [0.717, 1.165) is 5.75 Å². The highest BCUT2D eigenvalue weighted by Gasteiger charge is 2.12. The van der Waals surface area contributed by atoms with Crippen LogP contribution in [0.4, 0.5) is 0 Å². The van der Waals surface area contributed by atoms with Crippen LogP contribution in [-0.2, 0) is 15.8 Å². The zero-order valence-electron chi connectivity index (χ0n) is 11.5. The number of benzene rings is 1. The van der Waals surface area contributed by atoms with Crippen LogP contribution >= 0.6 is 11.8 Å². The third-order valence-electron chi connectivity index (χ3n) is 2.55. The first kappa shape index (κ1) is 18.0. The summed E-state index contributed by atoms with van der Waals surface area (Å²) in [5.74, 6) is 0.102. The van der Waals surface area contributed by atoms with E-state index in [1.807, 2.05) is 0 Å². The van der Waals surface area contributed by atoms with Crippen LogP contribution in [0.1, 0.15) is 22.3 Å². The summed E-state index contributed by atoms with van der Waals surface area (Å²) in [6, 6.07) is 5.89. The quantitative estimate of drug-likeness (QED) is 0.550. The fraction of sp³-hybridized carbons (Fsp3) is 0.462. The molecule has 0 atom stereocenters. The Hall–Kier alpha value is -1.09. The van der Waals surface area contributed by atoms with Gasteiger partial charge in [-0.05, 0) is 29.9 Å². The van der Waals surface area contributed by atoms with Crippen LogP contribution in [0.2, 0.25) is 0 Å². The van der Waals surface area contributed by atoms with Gasteiger partial charge in [-0.3, -0.25) is 0 Å². The Balaban J connectivity index is 2.45. The summed E-state index contributed by atoms with van der Waals surface area (Å²) in [5, 5.41) is 17.5. The molecule has 3 N–H and O–H groups in total. The van der Waals surface area contributed by atoms with Gasteiger partial charge in [0.05, 0.1) is 11.3 Å². The van der Waals surface area contributed by atoms with E-state index < -0.39 is 16.0 Å². The number of aliphatic hydroxyl groups excluding tert-OH is 1. The number of carbonyl (C=O) groups is 1. The van der Waals surface area contributed by atoms with Gasteiger partial charge in [0, 0.05) is 18.9 Å². The zero-order valence-corrected chi connectivity index (χ0v) is 13.1. The van der Waals surface area contributed by atoms with Crippen molar-refractivity contribution in [3.05, 3.63) is 35.4 Å². The summed E-state index contributed by atoms with van der Waals surface area (Å²) in [6.45, 7) is 0.454. The van der Waals surface area contributed by atoms with Crippen LogP contribution in [0.3, 0.4) is 0 Å². The average molecular weight is 333 g/mol. The number of hydrogen-bond acceptors (Lipinski definition) is 5. The number of thioether (sulfide) groups is 1. The van der Waals surface area contributed by atoms with Gasteiger partial charge in [0.2, 0.25) is 10.0 Å². The second-order valence-electron chi connectivity index (χ2n) is 4.35. The number of sulfonamides is 1. The van der Waals surface area contributed by atoms with Crippen LogP contribution in [0.15, 0.2) is 24.3 Å². The molecule has 0 aliphatic rings. The summed E-state index contributed by atoms with van der Waals surface area (Å²) in [7, 11) is -3.48. The Labute approximate surface area is 128 Å². The maximum atomic E-state index is 11.9. The third-order valence-corrected chi connectivity index (χ3v) is 4.97. The standard InChI is InChI=1S/C13H19NO5S2/c15-6-2-7-20-8-5-14-21(18,19)10-11-3-1-4-12(9-11)13(16)17/h1,3-4,9,14-15H,2,5-8,10H2,(H,16,17). The van der Waals surface area contributed by atoms with Crippen molar-refractivity contribution in [3.63, 3.8) is 0 Å². The predicted molar refractivity (Wildman–Crippen MR) is 83.1 cm³/mol. The lowest BCUT2D eigenvalue weighted by Crippen LogP contribution is -2.27. The van der Waals surface area contributed by atoms with Crippen molar-refractivity contribution in [2.24, 2.45) is 0 Å². The fourth-order valence-corrected chi connectivity index (χ4v) is 3.65. The molecule has 0 aliphatic carbocycles. The van der Waals surface area contributed by atoms with E-state index in [0.29, 0.717) is 24.3 Å². The van der Waals surface area contributed by atoms with Crippen molar-refractivity contribution in [2.75, 3.05) is 24.7 Å². The summed E-state index contributed by atoms with van der Waals surface area (Å²) >= 11 is 1.57. The molecule has 6 nitrogen and oxygen atoms in total. The Morgan fingerprint density at radius 3 is 2.71 bits per heavy atom. The van der Waals surface area contributed by atoms with Gasteiger partial charge in [-0.25, -0.2) is 17.9 Å². The highest BCUT2D eigenvalue weighted by atomic mass is 32.2. The van der Waals surface area contributed by atoms with Gasteiger partial charge in [0.25, 0.3) is 0 Å². The van der Waals surface area contributed by atoms with Gasteiger partial charge in [-0.2, -0.15) is 11.8 Å². The number of rotatable bonds is 10. The topological polar surface area (TPSA) is 104 Å². The fourth-order valence-electron chi connectivity index (χ4n) is 1.60. The van der Waals surface area contributed by atoms with Crippen LogP contribution in [0.5, 0.6) is 0 Å². The summed E-state index contributed by atoms with van der Waals surface area (Å²) < 4.78 is 26.2. The molecule has 0 heterocycles. The molecule has 1 aromatic rings. The van der Waals surface area contributed by atoms with E-state index in [2.05, 4.69) is 4.72 Å². The molecular formula is C13H19NO5S2. The average Bonchev–Trinajstić information content (AvgIpc) is 2.42. The molecule has 8 heteroatoms. The van der Waals surface area contributed by atoms with Gasteiger partial charge < -0.3 is 10.2 Å². The first-order valence-electron chi connectivity index (χ1n) is 6.43. The molecular weight excluding hydrogens is 314 g/mol. The van der Waals surface area contributed by atoms with Gasteiger partial charge in [0.1, 0.15) is 0 Å². The minimum Gasteiger partial charge on any atom is -0.478 e. The molecule has 0 bridgehead atoms.